The predicted molar refractivity (Wildman–Crippen MR) is 94.2 cm³/mol. The Labute approximate surface area is 134 Å². The summed E-state index contributed by atoms with van der Waals surface area (Å²) < 4.78 is 26.1. The minimum Gasteiger partial charge on any atom is -0.207 e. The molecule has 0 aromatic heterocycles. The summed E-state index contributed by atoms with van der Waals surface area (Å²) in [5.74, 6) is 0. The average molecular weight is 319 g/mol. The topological polar surface area (TPSA) is 37.4 Å². The number of rotatable bonds is 8. The van der Waals surface area contributed by atoms with E-state index in [1.54, 1.807) is 37.4 Å². The Balaban J connectivity index is 2.62. The van der Waals surface area contributed by atoms with Crippen molar-refractivity contribution in [3.63, 3.8) is 0 Å². The number of sulfonamides is 1. The van der Waals surface area contributed by atoms with Crippen molar-refractivity contribution < 1.29 is 8.42 Å². The Bertz CT molecular complexity index is 636. The smallest absolute Gasteiger partial charge is 0.207 e. The van der Waals surface area contributed by atoms with E-state index in [0.717, 1.165) is 18.4 Å². The molecule has 0 radical (unpaired) electrons. The Morgan fingerprint density at radius 2 is 1.77 bits per heavy atom. The van der Waals surface area contributed by atoms with E-state index in [4.69, 9.17) is 0 Å². The SMILES string of the molecule is C=Cc1ccc(S(=O)(=O)N(C)C/C=C/CCC=C(C)C)cc1. The first-order chi connectivity index (χ1) is 10.4. The highest BCUT2D eigenvalue weighted by atomic mass is 32.2. The molecule has 0 unspecified atom stereocenters. The summed E-state index contributed by atoms with van der Waals surface area (Å²) in [6, 6.07) is 6.73. The maximum Gasteiger partial charge on any atom is 0.243 e. The number of nitrogens with zero attached hydrogens (tertiary/aromatic N) is 1. The van der Waals surface area contributed by atoms with E-state index in [2.05, 4.69) is 26.5 Å². The number of unbranched alkanes of at least 4 members (excludes halogenated alkanes) is 1. The minimum atomic E-state index is -3.43. The summed E-state index contributed by atoms with van der Waals surface area (Å²) in [4.78, 5) is 0.304. The van der Waals surface area contributed by atoms with Gasteiger partial charge in [-0.05, 0) is 44.4 Å². The molecule has 0 aliphatic heterocycles. The van der Waals surface area contributed by atoms with Crippen molar-refractivity contribution in [2.24, 2.45) is 0 Å². The molecule has 1 aromatic rings. The van der Waals surface area contributed by atoms with Crippen LogP contribution in [0.15, 0.2) is 59.5 Å². The number of hydrogen-bond donors (Lipinski definition) is 0. The van der Waals surface area contributed by atoms with Crippen molar-refractivity contribution in [3.8, 4) is 0 Å². The highest BCUT2D eigenvalue weighted by molar-refractivity contribution is 7.89. The fourth-order valence-corrected chi connectivity index (χ4v) is 2.99. The molecular weight excluding hydrogens is 294 g/mol. The molecule has 4 heteroatoms. The number of benzene rings is 1. The van der Waals surface area contributed by atoms with Gasteiger partial charge in [-0.3, -0.25) is 0 Å². The quantitative estimate of drug-likeness (QED) is 0.530. The molecule has 1 aromatic carbocycles. The van der Waals surface area contributed by atoms with Gasteiger partial charge in [0.1, 0.15) is 0 Å². The molecule has 0 aliphatic rings. The summed E-state index contributed by atoms with van der Waals surface area (Å²) >= 11 is 0. The van der Waals surface area contributed by atoms with Gasteiger partial charge in [0.15, 0.2) is 0 Å². The molecule has 0 amide bonds. The van der Waals surface area contributed by atoms with E-state index in [0.29, 0.717) is 11.4 Å². The number of likely N-dealkylation sites (N-methyl/N-ethyl adjacent to an activating group) is 1. The monoisotopic (exact) mass is 319 g/mol. The van der Waals surface area contributed by atoms with E-state index in [-0.39, 0.29) is 0 Å². The zero-order valence-electron chi connectivity index (χ0n) is 13.6. The largest absolute Gasteiger partial charge is 0.243 e. The molecule has 0 saturated heterocycles. The third-order valence-electron chi connectivity index (χ3n) is 3.24. The summed E-state index contributed by atoms with van der Waals surface area (Å²) in [5.41, 5.74) is 2.21. The Hall–Kier alpha value is -1.65. The van der Waals surface area contributed by atoms with E-state index < -0.39 is 10.0 Å². The molecule has 1 rings (SSSR count). The van der Waals surface area contributed by atoms with Gasteiger partial charge in [0, 0.05) is 13.6 Å². The van der Waals surface area contributed by atoms with Crippen molar-refractivity contribution in [2.75, 3.05) is 13.6 Å². The zero-order valence-corrected chi connectivity index (χ0v) is 14.4. The zero-order chi connectivity index (χ0) is 16.6. The van der Waals surface area contributed by atoms with E-state index in [1.165, 1.54) is 9.88 Å². The predicted octanol–water partition coefficient (Wildman–Crippen LogP) is 4.25. The Morgan fingerprint density at radius 3 is 2.32 bits per heavy atom. The van der Waals surface area contributed by atoms with E-state index >= 15 is 0 Å². The van der Waals surface area contributed by atoms with Crippen molar-refractivity contribution >= 4 is 16.1 Å². The molecular formula is C18H25NO2S. The fourth-order valence-electron chi connectivity index (χ4n) is 1.86. The molecule has 3 nitrogen and oxygen atoms in total. The Morgan fingerprint density at radius 1 is 1.14 bits per heavy atom. The molecule has 0 fully saturated rings. The highest BCUT2D eigenvalue weighted by Gasteiger charge is 2.19. The molecule has 0 N–H and O–H groups in total. The van der Waals surface area contributed by atoms with Gasteiger partial charge < -0.3 is 0 Å². The standard InChI is InChI=1S/C18H25NO2S/c1-5-17-11-13-18(14-12-17)22(20,21)19(4)15-9-7-6-8-10-16(2)3/h5,7,9-14H,1,6,8,15H2,2-4H3/b9-7+. The van der Waals surface area contributed by atoms with Gasteiger partial charge in [0.25, 0.3) is 0 Å². The van der Waals surface area contributed by atoms with Crippen LogP contribution in [-0.2, 0) is 10.0 Å². The molecule has 22 heavy (non-hydrogen) atoms. The van der Waals surface area contributed by atoms with Crippen molar-refractivity contribution in [2.45, 2.75) is 31.6 Å². The summed E-state index contributed by atoms with van der Waals surface area (Å²) in [5, 5.41) is 0. The van der Waals surface area contributed by atoms with E-state index in [9.17, 15) is 8.42 Å². The lowest BCUT2D eigenvalue weighted by Crippen LogP contribution is -2.27. The van der Waals surface area contributed by atoms with E-state index in [1.807, 2.05) is 12.2 Å². The molecule has 0 saturated carbocycles. The van der Waals surface area contributed by atoms with Crippen LogP contribution in [0.5, 0.6) is 0 Å². The van der Waals surface area contributed by atoms with Crippen LogP contribution in [0, 0.1) is 0 Å². The van der Waals surface area contributed by atoms with Gasteiger partial charge in [-0.1, -0.05) is 48.6 Å². The molecule has 0 bridgehead atoms. The van der Waals surface area contributed by atoms with Gasteiger partial charge in [-0.25, -0.2) is 8.42 Å². The molecule has 120 valence electrons. The normalized spacial score (nSPS) is 11.8. The minimum absolute atomic E-state index is 0.304. The van der Waals surface area contributed by atoms with Crippen LogP contribution >= 0.6 is 0 Å². The van der Waals surface area contributed by atoms with Crippen molar-refractivity contribution in [1.29, 1.82) is 0 Å². The van der Waals surface area contributed by atoms with Crippen LogP contribution in [0.1, 0.15) is 32.3 Å². The lowest BCUT2D eigenvalue weighted by atomic mass is 10.2. The van der Waals surface area contributed by atoms with Crippen LogP contribution in [0.3, 0.4) is 0 Å². The lowest BCUT2D eigenvalue weighted by Gasteiger charge is -2.15. The third kappa shape index (κ3) is 5.62. The van der Waals surface area contributed by atoms with Gasteiger partial charge in [-0.15, -0.1) is 0 Å². The average Bonchev–Trinajstić information content (AvgIpc) is 2.50. The van der Waals surface area contributed by atoms with Gasteiger partial charge in [0.05, 0.1) is 4.90 Å². The summed E-state index contributed by atoms with van der Waals surface area (Å²) in [6.45, 7) is 8.18. The molecule has 0 aliphatic carbocycles. The number of hydrogen-bond acceptors (Lipinski definition) is 2. The lowest BCUT2D eigenvalue weighted by molar-refractivity contribution is 0.499. The number of allylic oxidation sites excluding steroid dienone is 3. The van der Waals surface area contributed by atoms with Crippen LogP contribution in [0.2, 0.25) is 0 Å². The van der Waals surface area contributed by atoms with Gasteiger partial charge >= 0.3 is 0 Å². The second-order valence-electron chi connectivity index (χ2n) is 5.39. The first kappa shape index (κ1) is 18.4. The maximum absolute atomic E-state index is 12.4. The third-order valence-corrected chi connectivity index (χ3v) is 5.08. The first-order valence-corrected chi connectivity index (χ1v) is 8.79. The molecule has 0 heterocycles. The first-order valence-electron chi connectivity index (χ1n) is 7.35. The molecule has 0 atom stereocenters. The van der Waals surface area contributed by atoms with Crippen molar-refractivity contribution in [1.82, 2.24) is 4.31 Å². The van der Waals surface area contributed by atoms with Crippen LogP contribution < -0.4 is 0 Å². The second kappa shape index (κ2) is 8.71. The summed E-state index contributed by atoms with van der Waals surface area (Å²) in [6.07, 6.45) is 9.69. The van der Waals surface area contributed by atoms with Crippen LogP contribution in [-0.4, -0.2) is 26.3 Å². The van der Waals surface area contributed by atoms with Crippen molar-refractivity contribution in [3.05, 3.63) is 60.2 Å². The maximum atomic E-state index is 12.4. The van der Waals surface area contributed by atoms with Gasteiger partial charge in [-0.2, -0.15) is 4.31 Å². The molecule has 0 spiro atoms. The Kier molecular flexibility index (Phi) is 7.28. The fraction of sp³-hybridized carbons (Fsp3) is 0.333. The van der Waals surface area contributed by atoms with Gasteiger partial charge in [0.2, 0.25) is 10.0 Å². The van der Waals surface area contributed by atoms with Crippen LogP contribution in [0.25, 0.3) is 6.08 Å². The van der Waals surface area contributed by atoms with Crippen LogP contribution in [0.4, 0.5) is 0 Å². The highest BCUT2D eigenvalue weighted by Crippen LogP contribution is 2.15. The second-order valence-corrected chi connectivity index (χ2v) is 7.43. The summed E-state index contributed by atoms with van der Waals surface area (Å²) in [7, 11) is -1.84.